The molecule has 9 nitrogen and oxygen atoms in total. The van der Waals surface area contributed by atoms with E-state index in [9.17, 15) is 0 Å². The Morgan fingerprint density at radius 1 is 0.304 bits per heavy atom. The van der Waals surface area contributed by atoms with Crippen LogP contribution in [-0.2, 0) is 10.9 Å². The van der Waals surface area contributed by atoms with Crippen molar-refractivity contribution < 1.29 is 42.6 Å². The molecule has 0 radical (unpaired) electrons. The highest BCUT2D eigenvalue weighted by Crippen LogP contribution is 2.55. The summed E-state index contributed by atoms with van der Waals surface area (Å²) in [5, 5.41) is 0. The Kier molecular flexibility index (Phi) is 15.2. The molecule has 0 N–H and O–H groups in total. The quantitative estimate of drug-likeness (QED) is 0.105. The molecule has 0 saturated carbocycles. The molecule has 0 fully saturated rings. The van der Waals surface area contributed by atoms with E-state index in [-0.39, 0.29) is 0 Å². The maximum Gasteiger partial charge on any atom is 0.250 e. The lowest BCUT2D eigenvalue weighted by molar-refractivity contribution is 0.290. The van der Waals surface area contributed by atoms with Gasteiger partial charge in [-0.25, -0.2) is 0 Å². The van der Waals surface area contributed by atoms with Gasteiger partial charge >= 0.3 is 0 Å². The average molecular weight is 660 g/mol. The summed E-state index contributed by atoms with van der Waals surface area (Å²) in [6.45, 7) is 21.6. The average Bonchev–Trinajstić information content (AvgIpc) is 3.01. The van der Waals surface area contributed by atoms with Gasteiger partial charge in [-0.05, 0) is 62.3 Å². The van der Waals surface area contributed by atoms with Crippen molar-refractivity contribution in [1.82, 2.24) is 0 Å². The van der Waals surface area contributed by atoms with Crippen molar-refractivity contribution in [2.24, 2.45) is 0 Å². The van der Waals surface area contributed by atoms with Crippen LogP contribution in [0.1, 0.15) is 62.3 Å². The zero-order valence-electron chi connectivity index (χ0n) is 28.9. The zero-order chi connectivity index (χ0) is 33.5. The van der Waals surface area contributed by atoms with Crippen LogP contribution in [0.15, 0.2) is 51.1 Å². The maximum atomic E-state index is 6.39. The lowest BCUT2D eigenvalue weighted by atomic mass is 10.3. The van der Waals surface area contributed by atoms with Crippen LogP contribution in [-0.4, -0.2) is 59.5 Å². The van der Waals surface area contributed by atoms with Crippen molar-refractivity contribution in [2.45, 2.75) is 77.0 Å². The van der Waals surface area contributed by atoms with Crippen LogP contribution in [0.4, 0.5) is 0 Å². The van der Waals surface area contributed by atoms with Gasteiger partial charge in [-0.15, -0.1) is 0 Å². The van der Waals surface area contributed by atoms with Crippen molar-refractivity contribution in [1.29, 1.82) is 0 Å². The van der Waals surface area contributed by atoms with E-state index in [4.69, 9.17) is 42.6 Å². The highest BCUT2D eigenvalue weighted by molar-refractivity contribution is 7.97. The molecular formula is C36H51O9S+. The fourth-order valence-corrected chi connectivity index (χ4v) is 7.42. The molecule has 0 spiro atoms. The van der Waals surface area contributed by atoms with E-state index in [1.54, 1.807) is 0 Å². The van der Waals surface area contributed by atoms with Crippen LogP contribution in [0.2, 0.25) is 0 Å². The van der Waals surface area contributed by atoms with Gasteiger partial charge in [0.2, 0.25) is 0 Å². The molecule has 0 aliphatic carbocycles. The van der Waals surface area contributed by atoms with Gasteiger partial charge in [0.05, 0.1) is 59.5 Å². The lowest BCUT2D eigenvalue weighted by Crippen LogP contribution is -2.17. The van der Waals surface area contributed by atoms with E-state index in [1.165, 1.54) is 0 Å². The lowest BCUT2D eigenvalue weighted by Gasteiger charge is -2.23. The van der Waals surface area contributed by atoms with Crippen LogP contribution < -0.4 is 42.6 Å². The largest absolute Gasteiger partial charge is 0.494 e. The molecule has 0 unspecified atom stereocenters. The number of ether oxygens (including phenoxy) is 9. The minimum Gasteiger partial charge on any atom is -0.494 e. The fourth-order valence-electron chi connectivity index (χ4n) is 4.89. The summed E-state index contributed by atoms with van der Waals surface area (Å²) in [4.78, 5) is 2.35. The van der Waals surface area contributed by atoms with Gasteiger partial charge in [-0.2, -0.15) is 0 Å². The predicted octanol–water partition coefficient (Wildman–Crippen LogP) is 8.37. The molecule has 3 aromatic carbocycles. The zero-order valence-corrected chi connectivity index (χ0v) is 29.7. The maximum absolute atomic E-state index is 6.39. The SMILES string of the molecule is CCOc1cc(OCC)c([S+](c2c(OCC)cc(OCC)cc2OCC)c2c(OCC)cc(OCC)cc2OCC)c(OCC)c1. The monoisotopic (exact) mass is 659 g/mol. The number of rotatable bonds is 21. The number of benzene rings is 3. The highest BCUT2D eigenvalue weighted by atomic mass is 32.2. The minimum atomic E-state index is -1.05. The van der Waals surface area contributed by atoms with Gasteiger partial charge in [0.15, 0.2) is 34.5 Å². The van der Waals surface area contributed by atoms with Crippen LogP contribution in [0.3, 0.4) is 0 Å². The van der Waals surface area contributed by atoms with E-state index in [2.05, 4.69) is 0 Å². The summed E-state index contributed by atoms with van der Waals surface area (Å²) >= 11 is 0. The van der Waals surface area contributed by atoms with E-state index >= 15 is 0 Å². The van der Waals surface area contributed by atoms with Gasteiger partial charge in [-0.1, -0.05) is 0 Å². The normalized spacial score (nSPS) is 10.8. The first kappa shape index (κ1) is 36.7. The molecule has 254 valence electrons. The summed E-state index contributed by atoms with van der Waals surface area (Å²) in [5.41, 5.74) is 0. The van der Waals surface area contributed by atoms with Crippen LogP contribution >= 0.6 is 0 Å². The van der Waals surface area contributed by atoms with Crippen molar-refractivity contribution in [3.8, 4) is 51.7 Å². The predicted molar refractivity (Wildman–Crippen MR) is 182 cm³/mol. The van der Waals surface area contributed by atoms with E-state index in [0.717, 1.165) is 14.7 Å². The van der Waals surface area contributed by atoms with Crippen LogP contribution in [0, 0.1) is 0 Å². The van der Waals surface area contributed by atoms with Crippen molar-refractivity contribution >= 4 is 10.9 Å². The minimum absolute atomic E-state index is 0.422. The smallest absolute Gasteiger partial charge is 0.250 e. The third-order valence-corrected chi connectivity index (χ3v) is 8.76. The molecule has 0 bridgehead atoms. The Balaban J connectivity index is 2.66. The standard InChI is InChI=1S/C36H51O9S/c1-10-37-25-19-28(40-13-4)34(29(20-25)41-14-5)46(35-30(42-15-6)21-26(38-11-2)22-31(35)43-16-7)36-32(44-17-8)23-27(39-12-3)24-33(36)45-18-9/h19-24H,10-18H2,1-9H3/q+1. The Morgan fingerprint density at radius 3 is 0.630 bits per heavy atom. The first-order chi connectivity index (χ1) is 22.4. The van der Waals surface area contributed by atoms with Crippen molar-refractivity contribution in [2.75, 3.05) is 59.5 Å². The van der Waals surface area contributed by atoms with Gasteiger partial charge in [0, 0.05) is 36.4 Å². The second-order valence-corrected chi connectivity index (χ2v) is 11.3. The molecule has 0 aromatic heterocycles. The summed E-state index contributed by atoms with van der Waals surface area (Å²) < 4.78 is 56.3. The molecular weight excluding hydrogens is 608 g/mol. The molecule has 3 aromatic rings. The molecule has 0 atom stereocenters. The van der Waals surface area contributed by atoms with E-state index in [1.807, 2.05) is 98.7 Å². The second-order valence-electron chi connectivity index (χ2n) is 9.45. The summed E-state index contributed by atoms with van der Waals surface area (Å²) in [6.07, 6.45) is 0. The molecule has 3 rings (SSSR count). The second kappa shape index (κ2) is 19.0. The molecule has 0 saturated heterocycles. The Morgan fingerprint density at radius 2 is 0.478 bits per heavy atom. The summed E-state index contributed by atoms with van der Waals surface area (Å²) in [7, 11) is -1.05. The number of hydrogen-bond donors (Lipinski definition) is 0. The highest BCUT2D eigenvalue weighted by Gasteiger charge is 2.47. The van der Waals surface area contributed by atoms with E-state index < -0.39 is 10.9 Å². The van der Waals surface area contributed by atoms with E-state index in [0.29, 0.717) is 111 Å². The van der Waals surface area contributed by atoms with Crippen LogP contribution in [0.25, 0.3) is 0 Å². The number of hydrogen-bond acceptors (Lipinski definition) is 9. The Bertz CT molecular complexity index is 1130. The molecule has 0 heterocycles. The topological polar surface area (TPSA) is 83.1 Å². The molecule has 0 aliphatic heterocycles. The van der Waals surface area contributed by atoms with Gasteiger partial charge in [0.1, 0.15) is 28.1 Å². The fraction of sp³-hybridized carbons (Fsp3) is 0.500. The van der Waals surface area contributed by atoms with Crippen molar-refractivity contribution in [3.63, 3.8) is 0 Å². The summed E-state index contributed by atoms with van der Waals surface area (Å²) in [5.74, 6) is 5.59. The summed E-state index contributed by atoms with van der Waals surface area (Å²) in [6, 6.07) is 11.5. The molecule has 10 heteroatoms. The molecule has 0 aliphatic rings. The third kappa shape index (κ3) is 8.93. The van der Waals surface area contributed by atoms with Crippen LogP contribution in [0.5, 0.6) is 51.7 Å². The van der Waals surface area contributed by atoms with Gasteiger partial charge < -0.3 is 42.6 Å². The Labute approximate surface area is 277 Å². The first-order valence-corrected chi connectivity index (χ1v) is 17.6. The van der Waals surface area contributed by atoms with Crippen molar-refractivity contribution in [3.05, 3.63) is 36.4 Å². The first-order valence-electron chi connectivity index (χ1n) is 16.4. The van der Waals surface area contributed by atoms with Gasteiger partial charge in [0.25, 0.3) is 14.7 Å². The Hall–Kier alpha value is -3.79. The van der Waals surface area contributed by atoms with Gasteiger partial charge in [-0.3, -0.25) is 0 Å². The third-order valence-electron chi connectivity index (χ3n) is 6.33. The molecule has 0 amide bonds. The molecule has 46 heavy (non-hydrogen) atoms.